The molecule has 0 aromatic heterocycles. The van der Waals surface area contributed by atoms with Gasteiger partial charge in [0, 0.05) is 20.1 Å². The molecule has 2 unspecified atom stereocenters. The van der Waals surface area contributed by atoms with E-state index in [9.17, 15) is 9.59 Å². The molecule has 92 valence electrons. The number of rotatable bonds is 5. The van der Waals surface area contributed by atoms with Gasteiger partial charge in [0.2, 0.25) is 5.91 Å². The third-order valence-corrected chi connectivity index (χ3v) is 2.48. The SMILES string of the molecule is COCC(N)C(=O)NC1(C(=O)O)CCOC1. The van der Waals surface area contributed by atoms with Crippen molar-refractivity contribution in [1.29, 1.82) is 0 Å². The molecule has 4 N–H and O–H groups in total. The zero-order valence-corrected chi connectivity index (χ0v) is 9.06. The van der Waals surface area contributed by atoms with Crippen molar-refractivity contribution in [3.8, 4) is 0 Å². The fourth-order valence-electron chi connectivity index (χ4n) is 1.47. The highest BCUT2D eigenvalue weighted by Gasteiger charge is 2.44. The Balaban J connectivity index is 2.62. The van der Waals surface area contributed by atoms with Crippen LogP contribution in [0.3, 0.4) is 0 Å². The van der Waals surface area contributed by atoms with Gasteiger partial charge in [0.1, 0.15) is 6.04 Å². The molecule has 1 saturated heterocycles. The molecule has 1 rings (SSSR count). The van der Waals surface area contributed by atoms with Crippen LogP contribution in [0.4, 0.5) is 0 Å². The average Bonchev–Trinajstić information content (AvgIpc) is 2.68. The summed E-state index contributed by atoms with van der Waals surface area (Å²) in [6, 6.07) is -0.873. The Morgan fingerprint density at radius 3 is 2.81 bits per heavy atom. The fraction of sp³-hybridized carbons (Fsp3) is 0.778. The van der Waals surface area contributed by atoms with Gasteiger partial charge in [0.25, 0.3) is 0 Å². The summed E-state index contributed by atoms with van der Waals surface area (Å²) < 4.78 is 9.71. The van der Waals surface area contributed by atoms with Crippen LogP contribution in [-0.2, 0) is 19.1 Å². The summed E-state index contributed by atoms with van der Waals surface area (Å²) in [4.78, 5) is 22.6. The molecule has 0 radical (unpaired) electrons. The standard InChI is InChI=1S/C9H16N2O5/c1-15-4-6(10)7(12)11-9(8(13)14)2-3-16-5-9/h6H,2-5,10H2,1H3,(H,11,12)(H,13,14). The van der Waals surface area contributed by atoms with Crippen LogP contribution in [0, 0.1) is 0 Å². The molecule has 1 aliphatic heterocycles. The van der Waals surface area contributed by atoms with E-state index in [-0.39, 0.29) is 19.6 Å². The Morgan fingerprint density at radius 2 is 2.38 bits per heavy atom. The molecule has 0 spiro atoms. The van der Waals surface area contributed by atoms with Gasteiger partial charge in [-0.3, -0.25) is 4.79 Å². The van der Waals surface area contributed by atoms with Crippen molar-refractivity contribution in [2.75, 3.05) is 26.9 Å². The number of methoxy groups -OCH3 is 1. The fourth-order valence-corrected chi connectivity index (χ4v) is 1.47. The number of ether oxygens (including phenoxy) is 2. The monoisotopic (exact) mass is 232 g/mol. The second-order valence-electron chi connectivity index (χ2n) is 3.74. The van der Waals surface area contributed by atoms with Crippen LogP contribution in [0.1, 0.15) is 6.42 Å². The lowest BCUT2D eigenvalue weighted by Gasteiger charge is -2.25. The number of carboxylic acids is 1. The Morgan fingerprint density at radius 1 is 1.69 bits per heavy atom. The first-order valence-electron chi connectivity index (χ1n) is 4.89. The lowest BCUT2D eigenvalue weighted by Crippen LogP contribution is -2.59. The van der Waals surface area contributed by atoms with Crippen molar-refractivity contribution in [3.63, 3.8) is 0 Å². The van der Waals surface area contributed by atoms with Gasteiger partial charge in [0.05, 0.1) is 13.2 Å². The predicted molar refractivity (Wildman–Crippen MR) is 53.8 cm³/mol. The summed E-state index contributed by atoms with van der Waals surface area (Å²) in [6.07, 6.45) is 0.244. The Kier molecular flexibility index (Phi) is 4.22. The maximum Gasteiger partial charge on any atom is 0.331 e. The summed E-state index contributed by atoms with van der Waals surface area (Å²) in [6.45, 7) is 0.322. The molecular formula is C9H16N2O5. The molecule has 0 aromatic rings. The highest BCUT2D eigenvalue weighted by Crippen LogP contribution is 2.18. The predicted octanol–water partition coefficient (Wildman–Crippen LogP) is -1.68. The number of carbonyl (C=O) groups excluding carboxylic acids is 1. The summed E-state index contributed by atoms with van der Waals surface area (Å²) in [7, 11) is 1.42. The molecule has 0 saturated carbocycles. The molecule has 1 heterocycles. The van der Waals surface area contributed by atoms with Gasteiger partial charge < -0.3 is 25.6 Å². The maximum absolute atomic E-state index is 11.6. The second kappa shape index (κ2) is 5.24. The quantitative estimate of drug-likeness (QED) is 0.522. The van der Waals surface area contributed by atoms with E-state index in [0.29, 0.717) is 6.61 Å². The van der Waals surface area contributed by atoms with E-state index in [1.807, 2.05) is 0 Å². The van der Waals surface area contributed by atoms with Crippen LogP contribution in [-0.4, -0.2) is 55.5 Å². The molecule has 0 bridgehead atoms. The average molecular weight is 232 g/mol. The third kappa shape index (κ3) is 2.69. The number of aliphatic carboxylic acids is 1. The minimum atomic E-state index is -1.34. The molecule has 0 aromatic carbocycles. The van der Waals surface area contributed by atoms with Crippen molar-refractivity contribution in [3.05, 3.63) is 0 Å². The number of hydrogen-bond acceptors (Lipinski definition) is 5. The summed E-state index contributed by atoms with van der Waals surface area (Å²) >= 11 is 0. The number of nitrogens with one attached hydrogen (secondary N) is 1. The van der Waals surface area contributed by atoms with Gasteiger partial charge in [-0.25, -0.2) is 4.79 Å². The largest absolute Gasteiger partial charge is 0.479 e. The third-order valence-electron chi connectivity index (χ3n) is 2.48. The van der Waals surface area contributed by atoms with Crippen molar-refractivity contribution in [2.45, 2.75) is 18.0 Å². The van der Waals surface area contributed by atoms with Gasteiger partial charge >= 0.3 is 5.97 Å². The first kappa shape index (κ1) is 12.9. The van der Waals surface area contributed by atoms with E-state index >= 15 is 0 Å². The number of carbonyl (C=O) groups is 2. The minimum absolute atomic E-state index is 0.0340. The first-order valence-corrected chi connectivity index (χ1v) is 4.89. The maximum atomic E-state index is 11.6. The van der Waals surface area contributed by atoms with Crippen LogP contribution in [0.25, 0.3) is 0 Å². The second-order valence-corrected chi connectivity index (χ2v) is 3.74. The highest BCUT2D eigenvalue weighted by atomic mass is 16.5. The van der Waals surface area contributed by atoms with E-state index in [4.69, 9.17) is 20.3 Å². The van der Waals surface area contributed by atoms with Crippen LogP contribution >= 0.6 is 0 Å². The van der Waals surface area contributed by atoms with E-state index in [0.717, 1.165) is 0 Å². The molecule has 16 heavy (non-hydrogen) atoms. The van der Waals surface area contributed by atoms with Crippen molar-refractivity contribution < 1.29 is 24.2 Å². The number of carboxylic acid groups (broad SMARTS) is 1. The first-order chi connectivity index (χ1) is 7.52. The highest BCUT2D eigenvalue weighted by molar-refractivity contribution is 5.89. The van der Waals surface area contributed by atoms with E-state index in [2.05, 4.69) is 5.32 Å². The molecule has 1 aliphatic rings. The lowest BCUT2D eigenvalue weighted by atomic mass is 9.98. The van der Waals surface area contributed by atoms with E-state index in [1.54, 1.807) is 0 Å². The summed E-state index contributed by atoms with van der Waals surface area (Å²) in [5, 5.41) is 11.5. The molecule has 1 fully saturated rings. The van der Waals surface area contributed by atoms with Crippen LogP contribution in [0.15, 0.2) is 0 Å². The Bertz CT molecular complexity index is 275. The van der Waals surface area contributed by atoms with Crippen LogP contribution < -0.4 is 11.1 Å². The molecule has 7 nitrogen and oxygen atoms in total. The number of nitrogens with two attached hydrogens (primary N) is 1. The van der Waals surface area contributed by atoms with Gasteiger partial charge in [-0.05, 0) is 0 Å². The zero-order valence-electron chi connectivity index (χ0n) is 9.06. The van der Waals surface area contributed by atoms with Gasteiger partial charge in [-0.1, -0.05) is 0 Å². The normalized spacial score (nSPS) is 26.4. The molecular weight excluding hydrogens is 216 g/mol. The van der Waals surface area contributed by atoms with Gasteiger partial charge in [-0.2, -0.15) is 0 Å². The van der Waals surface area contributed by atoms with Crippen molar-refractivity contribution in [2.24, 2.45) is 5.73 Å². The van der Waals surface area contributed by atoms with E-state index in [1.165, 1.54) is 7.11 Å². The molecule has 2 atom stereocenters. The Labute approximate surface area is 92.9 Å². The minimum Gasteiger partial charge on any atom is -0.479 e. The summed E-state index contributed by atoms with van der Waals surface area (Å²) in [5.74, 6) is -1.65. The number of hydrogen-bond donors (Lipinski definition) is 3. The van der Waals surface area contributed by atoms with Crippen molar-refractivity contribution >= 4 is 11.9 Å². The molecule has 7 heteroatoms. The Hall–Kier alpha value is -1.18. The number of amides is 1. The topological polar surface area (TPSA) is 111 Å². The van der Waals surface area contributed by atoms with Crippen LogP contribution in [0.5, 0.6) is 0 Å². The smallest absolute Gasteiger partial charge is 0.331 e. The summed E-state index contributed by atoms with van der Waals surface area (Å²) in [5.41, 5.74) is 4.15. The van der Waals surface area contributed by atoms with Crippen molar-refractivity contribution in [1.82, 2.24) is 5.32 Å². The van der Waals surface area contributed by atoms with Crippen LogP contribution in [0.2, 0.25) is 0 Å². The zero-order chi connectivity index (χ0) is 12.2. The van der Waals surface area contributed by atoms with E-state index < -0.39 is 23.5 Å². The lowest BCUT2D eigenvalue weighted by molar-refractivity contribution is -0.148. The van der Waals surface area contributed by atoms with Gasteiger partial charge in [0.15, 0.2) is 5.54 Å². The van der Waals surface area contributed by atoms with Gasteiger partial charge in [-0.15, -0.1) is 0 Å². The molecule has 1 amide bonds. The molecule has 0 aliphatic carbocycles.